The monoisotopic (exact) mass is 565 g/mol. The van der Waals surface area contributed by atoms with E-state index in [0.717, 1.165) is 5.56 Å². The van der Waals surface area contributed by atoms with Crippen LogP contribution in [0.15, 0.2) is 59.6 Å². The molecule has 2 heterocycles. The van der Waals surface area contributed by atoms with E-state index in [1.165, 1.54) is 29.3 Å². The average molecular weight is 566 g/mol. The Hall–Kier alpha value is -4.56. The number of fused-ring (bicyclic) bond motifs is 1. The number of carbonyl (C=O) groups is 3. The Morgan fingerprint density at radius 2 is 1.83 bits per heavy atom. The van der Waals surface area contributed by atoms with Gasteiger partial charge < -0.3 is 27.8 Å². The highest BCUT2D eigenvalue weighted by atomic mass is 16.6. The number of guanidine groups is 1. The molecular formula is C27H35N9O5. The molecule has 14 nitrogen and oxygen atoms in total. The van der Waals surface area contributed by atoms with Crippen molar-refractivity contribution in [1.29, 1.82) is 0 Å². The van der Waals surface area contributed by atoms with Crippen molar-refractivity contribution in [2.24, 2.45) is 22.2 Å². The molecule has 1 unspecified atom stereocenters. The summed E-state index contributed by atoms with van der Waals surface area (Å²) in [7, 11) is 0. The zero-order valence-corrected chi connectivity index (χ0v) is 22.6. The lowest BCUT2D eigenvalue weighted by Crippen LogP contribution is -2.67. The van der Waals surface area contributed by atoms with Gasteiger partial charge in [-0.1, -0.05) is 30.3 Å². The molecule has 2 aliphatic heterocycles. The minimum Gasteiger partial charge on any atom is -0.370 e. The van der Waals surface area contributed by atoms with Gasteiger partial charge in [0, 0.05) is 37.5 Å². The maximum atomic E-state index is 13.7. The fraction of sp³-hybridized carbons (Fsp3) is 0.407. The maximum Gasteiger partial charge on any atom is 0.269 e. The van der Waals surface area contributed by atoms with Crippen LogP contribution in [0, 0.1) is 10.1 Å². The molecule has 2 saturated heterocycles. The van der Waals surface area contributed by atoms with Crippen LogP contribution in [-0.4, -0.2) is 75.9 Å². The van der Waals surface area contributed by atoms with Gasteiger partial charge in [-0.05, 0) is 49.8 Å². The summed E-state index contributed by atoms with van der Waals surface area (Å²) >= 11 is 0. The van der Waals surface area contributed by atoms with Crippen LogP contribution in [0.4, 0.5) is 11.4 Å². The van der Waals surface area contributed by atoms with Gasteiger partial charge >= 0.3 is 0 Å². The van der Waals surface area contributed by atoms with E-state index < -0.39 is 34.4 Å². The Bertz CT molecular complexity index is 1300. The predicted octanol–water partition coefficient (Wildman–Crippen LogP) is 0.234. The quantitative estimate of drug-likeness (QED) is 0.0827. The van der Waals surface area contributed by atoms with Crippen LogP contribution in [0.2, 0.25) is 0 Å². The third kappa shape index (κ3) is 7.15. The van der Waals surface area contributed by atoms with E-state index in [-0.39, 0.29) is 30.5 Å². The fourth-order valence-electron chi connectivity index (χ4n) is 5.15. The van der Waals surface area contributed by atoms with Gasteiger partial charge in [-0.25, -0.2) is 5.01 Å². The summed E-state index contributed by atoms with van der Waals surface area (Å²) in [6.07, 6.45) is 1.79. The van der Waals surface area contributed by atoms with Gasteiger partial charge in [0.25, 0.3) is 11.6 Å². The van der Waals surface area contributed by atoms with E-state index in [1.807, 2.05) is 35.3 Å². The lowest BCUT2D eigenvalue weighted by molar-refractivity contribution is -0.384. The van der Waals surface area contributed by atoms with Gasteiger partial charge in [-0.2, -0.15) is 0 Å². The van der Waals surface area contributed by atoms with Crippen LogP contribution < -0.4 is 27.8 Å². The molecule has 218 valence electrons. The third-order valence-corrected chi connectivity index (χ3v) is 7.30. The summed E-state index contributed by atoms with van der Waals surface area (Å²) in [5.41, 5.74) is 17.4. The number of amides is 3. The molecule has 8 N–H and O–H groups in total. The van der Waals surface area contributed by atoms with Crippen LogP contribution in [0.5, 0.6) is 0 Å². The molecule has 2 aromatic carbocycles. The lowest BCUT2D eigenvalue weighted by atomic mass is 9.86. The second-order valence-electron chi connectivity index (χ2n) is 10.3. The van der Waals surface area contributed by atoms with Crippen molar-refractivity contribution in [2.75, 3.05) is 25.0 Å². The zero-order valence-electron chi connectivity index (χ0n) is 22.6. The minimum atomic E-state index is -1.16. The van der Waals surface area contributed by atoms with Crippen LogP contribution in [0.3, 0.4) is 0 Å². The third-order valence-electron chi connectivity index (χ3n) is 7.30. The Morgan fingerprint density at radius 1 is 1.12 bits per heavy atom. The van der Waals surface area contributed by atoms with Crippen molar-refractivity contribution in [3.63, 3.8) is 0 Å². The van der Waals surface area contributed by atoms with Crippen molar-refractivity contribution in [3.8, 4) is 0 Å². The number of nitrogens with one attached hydrogen (secondary N) is 2. The van der Waals surface area contributed by atoms with E-state index in [9.17, 15) is 24.5 Å². The number of hydrogen-bond acceptors (Lipinski definition) is 8. The molecule has 0 aliphatic carbocycles. The highest BCUT2D eigenvalue weighted by Gasteiger charge is 2.51. The number of non-ortho nitro benzene ring substituents is 1. The van der Waals surface area contributed by atoms with Crippen LogP contribution in [0.25, 0.3) is 0 Å². The van der Waals surface area contributed by atoms with Crippen molar-refractivity contribution in [3.05, 3.63) is 70.3 Å². The molecule has 3 amide bonds. The number of benzene rings is 2. The van der Waals surface area contributed by atoms with Crippen molar-refractivity contribution < 1.29 is 19.3 Å². The molecule has 2 fully saturated rings. The highest BCUT2D eigenvalue weighted by Crippen LogP contribution is 2.31. The van der Waals surface area contributed by atoms with E-state index in [1.54, 1.807) is 0 Å². The Morgan fingerprint density at radius 3 is 2.49 bits per heavy atom. The van der Waals surface area contributed by atoms with E-state index in [4.69, 9.17) is 17.2 Å². The molecule has 3 atom stereocenters. The second kappa shape index (κ2) is 12.7. The lowest BCUT2D eigenvalue weighted by Gasteiger charge is -2.44. The molecule has 0 aromatic heterocycles. The molecule has 41 heavy (non-hydrogen) atoms. The summed E-state index contributed by atoms with van der Waals surface area (Å²) in [4.78, 5) is 54.8. The summed E-state index contributed by atoms with van der Waals surface area (Å²) < 4.78 is 0. The molecular weight excluding hydrogens is 530 g/mol. The first-order valence-electron chi connectivity index (χ1n) is 13.4. The average Bonchev–Trinajstić information content (AvgIpc) is 3.38. The van der Waals surface area contributed by atoms with E-state index >= 15 is 0 Å². The molecule has 0 saturated carbocycles. The van der Waals surface area contributed by atoms with Crippen LogP contribution >= 0.6 is 0 Å². The Balaban J connectivity index is 1.47. The summed E-state index contributed by atoms with van der Waals surface area (Å²) in [5, 5.41) is 19.7. The molecule has 0 bridgehead atoms. The minimum absolute atomic E-state index is 0.0867. The highest BCUT2D eigenvalue weighted by molar-refractivity contribution is 5.99. The number of nitrogens with zero attached hydrogens (tertiary/aromatic N) is 4. The number of nitro benzene ring substituents is 1. The molecule has 14 heteroatoms. The largest absolute Gasteiger partial charge is 0.370 e. The van der Waals surface area contributed by atoms with Gasteiger partial charge in [-0.15, -0.1) is 0 Å². The topological polar surface area (TPSA) is 215 Å². The molecule has 4 rings (SSSR count). The molecule has 0 spiro atoms. The summed E-state index contributed by atoms with van der Waals surface area (Å²) in [6.45, 7) is 1.29. The Labute approximate surface area is 237 Å². The normalized spacial score (nSPS) is 21.0. The van der Waals surface area contributed by atoms with Gasteiger partial charge in [-0.3, -0.25) is 34.5 Å². The maximum absolute atomic E-state index is 13.7. The fourth-order valence-corrected chi connectivity index (χ4v) is 5.15. The van der Waals surface area contributed by atoms with Gasteiger partial charge in [0.05, 0.1) is 4.92 Å². The number of anilines is 1. The predicted molar refractivity (Wildman–Crippen MR) is 152 cm³/mol. The van der Waals surface area contributed by atoms with E-state index in [0.29, 0.717) is 44.5 Å². The number of hydrazine groups is 1. The van der Waals surface area contributed by atoms with Gasteiger partial charge in [0.15, 0.2) is 5.96 Å². The smallest absolute Gasteiger partial charge is 0.269 e. The summed E-state index contributed by atoms with van der Waals surface area (Å²) in [5.74, 6) is -1.41. The number of aliphatic imine (C=N–C) groups is 1. The number of nitrogens with two attached hydrogens (primary N) is 3. The Kier molecular flexibility index (Phi) is 9.14. The standard InChI is InChI=1S/C27H35N9O5/c28-26(29)31-14-4-7-21(23(37)32-19-8-10-20(11-9-19)36(40)41)33-24(38)22-12-15-34-16-13-27(30,25(39)35(22)34)17-18-5-2-1-3-6-18/h1-3,5-6,8-11,21-22H,4,7,12-17,30H2,(H,32,37)(H,33,38)(H4,28,29,31)/t21?,22-,27+/m0/s1. The molecule has 2 aliphatic rings. The van der Waals surface area contributed by atoms with Crippen molar-refractivity contribution in [1.82, 2.24) is 15.3 Å². The van der Waals surface area contributed by atoms with Gasteiger partial charge in [0.2, 0.25) is 11.8 Å². The summed E-state index contributed by atoms with van der Waals surface area (Å²) in [6, 6.07) is 13.0. The number of rotatable bonds is 11. The first-order chi connectivity index (χ1) is 19.6. The van der Waals surface area contributed by atoms with Crippen molar-refractivity contribution in [2.45, 2.75) is 49.7 Å². The first kappa shape index (κ1) is 29.4. The van der Waals surface area contributed by atoms with Crippen molar-refractivity contribution >= 4 is 35.1 Å². The van der Waals surface area contributed by atoms with E-state index in [2.05, 4.69) is 15.6 Å². The zero-order chi connectivity index (χ0) is 29.6. The number of hydrogen-bond donors (Lipinski definition) is 5. The number of nitro groups is 1. The van der Waals surface area contributed by atoms with Crippen LogP contribution in [-0.2, 0) is 20.8 Å². The number of carbonyl (C=O) groups excluding carboxylic acids is 3. The van der Waals surface area contributed by atoms with Crippen LogP contribution in [0.1, 0.15) is 31.2 Å². The second-order valence-corrected chi connectivity index (χ2v) is 10.3. The molecule has 0 radical (unpaired) electrons. The molecule has 2 aromatic rings. The van der Waals surface area contributed by atoms with Gasteiger partial charge in [0.1, 0.15) is 17.6 Å². The SMILES string of the molecule is NC(N)=NCCCC(NC(=O)[C@@H]1CCN2CC[C@@](N)(Cc3ccccc3)C(=O)N12)C(=O)Nc1ccc([N+](=O)[O-])cc1. The first-order valence-corrected chi connectivity index (χ1v) is 13.4.